The van der Waals surface area contributed by atoms with Crippen LogP contribution in [-0.2, 0) is 14.9 Å². The van der Waals surface area contributed by atoms with Crippen LogP contribution < -0.4 is 0 Å². The summed E-state index contributed by atoms with van der Waals surface area (Å²) in [5.74, 6) is -0.178. The van der Waals surface area contributed by atoms with Crippen molar-refractivity contribution in [1.29, 1.82) is 0 Å². The zero-order chi connectivity index (χ0) is 17.9. The van der Waals surface area contributed by atoms with Crippen LogP contribution in [-0.4, -0.2) is 11.6 Å². The molecular weight excluding hydrogens is 352 g/mol. The van der Waals surface area contributed by atoms with Crippen molar-refractivity contribution in [3.8, 4) is 0 Å². The molecule has 1 aromatic rings. The molecule has 1 rings (SSSR count). The molecule has 0 amide bonds. The van der Waals surface area contributed by atoms with E-state index in [2.05, 4.69) is 36.4 Å². The molecule has 0 N–H and O–H groups in total. The lowest BCUT2D eigenvalue weighted by Crippen LogP contribution is -2.39. The number of halogens is 1. The van der Waals surface area contributed by atoms with Crippen molar-refractivity contribution >= 4 is 21.9 Å². The molecule has 1 unspecified atom stereocenters. The Labute approximate surface area is 149 Å². The molecule has 3 heteroatoms. The summed E-state index contributed by atoms with van der Waals surface area (Å²) >= 11 is 3.50. The van der Waals surface area contributed by atoms with E-state index in [9.17, 15) is 4.79 Å². The molecule has 0 aliphatic carbocycles. The highest BCUT2D eigenvalue weighted by Crippen LogP contribution is 2.37. The van der Waals surface area contributed by atoms with E-state index in [0.717, 1.165) is 16.5 Å². The highest BCUT2D eigenvalue weighted by Gasteiger charge is 2.39. The second-order valence-electron chi connectivity index (χ2n) is 8.04. The molecule has 0 heterocycles. The Hall–Kier alpha value is -1.09. The van der Waals surface area contributed by atoms with Crippen molar-refractivity contribution < 1.29 is 9.53 Å². The van der Waals surface area contributed by atoms with E-state index in [1.807, 2.05) is 58.0 Å². The predicted molar refractivity (Wildman–Crippen MR) is 101 cm³/mol. The van der Waals surface area contributed by atoms with E-state index in [4.69, 9.17) is 4.74 Å². The highest BCUT2D eigenvalue weighted by molar-refractivity contribution is 9.10. The lowest BCUT2D eigenvalue weighted by Gasteiger charge is -2.34. The Bertz CT molecular complexity index is 569. The summed E-state index contributed by atoms with van der Waals surface area (Å²) in [6, 6.07) is 7.92. The quantitative estimate of drug-likeness (QED) is 0.444. The number of ether oxygens (including phenoxy) is 1. The van der Waals surface area contributed by atoms with E-state index in [-0.39, 0.29) is 11.4 Å². The first-order valence-corrected chi connectivity index (χ1v) is 8.82. The Kier molecular flexibility index (Phi) is 6.25. The Balaban J connectivity index is 3.19. The predicted octanol–water partition coefficient (Wildman–Crippen LogP) is 6.04. The van der Waals surface area contributed by atoms with Crippen LogP contribution in [0.3, 0.4) is 0 Å². The monoisotopic (exact) mass is 380 g/mol. The number of hydrogen-bond donors (Lipinski definition) is 0. The van der Waals surface area contributed by atoms with Crippen molar-refractivity contribution in [2.45, 2.75) is 65.4 Å². The van der Waals surface area contributed by atoms with Gasteiger partial charge in [0, 0.05) is 4.47 Å². The number of rotatable bonds is 6. The Morgan fingerprint density at radius 3 is 2.26 bits per heavy atom. The summed E-state index contributed by atoms with van der Waals surface area (Å²) in [4.78, 5) is 12.9. The maximum Gasteiger partial charge on any atom is 0.316 e. The standard InChI is InChI=1S/C20H29BrO2/c1-8-19(5,6)12-13-20(7,17(22)23-18(2,3)4)15-10-9-11-16(21)14-15/h8-11,14H,1,12-13H2,2-7H3. The second-order valence-corrected chi connectivity index (χ2v) is 8.95. The van der Waals surface area contributed by atoms with Crippen molar-refractivity contribution in [1.82, 2.24) is 0 Å². The molecule has 2 nitrogen and oxygen atoms in total. The van der Waals surface area contributed by atoms with Gasteiger partial charge in [0.2, 0.25) is 0 Å². The minimum Gasteiger partial charge on any atom is -0.459 e. The van der Waals surface area contributed by atoms with Gasteiger partial charge in [-0.1, -0.05) is 48.0 Å². The van der Waals surface area contributed by atoms with Crippen LogP contribution in [0, 0.1) is 5.41 Å². The summed E-state index contributed by atoms with van der Waals surface area (Å²) in [5, 5.41) is 0. The summed E-state index contributed by atoms with van der Waals surface area (Å²) in [7, 11) is 0. The smallest absolute Gasteiger partial charge is 0.316 e. The van der Waals surface area contributed by atoms with E-state index >= 15 is 0 Å². The fraction of sp³-hybridized carbons (Fsp3) is 0.550. The molecule has 128 valence electrons. The maximum absolute atomic E-state index is 12.9. The van der Waals surface area contributed by atoms with E-state index < -0.39 is 11.0 Å². The summed E-state index contributed by atoms with van der Waals surface area (Å²) < 4.78 is 6.68. The van der Waals surface area contributed by atoms with Crippen LogP contribution in [0.1, 0.15) is 59.9 Å². The normalized spacial score (nSPS) is 14.9. The van der Waals surface area contributed by atoms with E-state index in [0.29, 0.717) is 6.42 Å². The Morgan fingerprint density at radius 2 is 1.78 bits per heavy atom. The molecule has 0 aliphatic heterocycles. The Morgan fingerprint density at radius 1 is 1.17 bits per heavy atom. The van der Waals surface area contributed by atoms with Gasteiger partial charge in [-0.25, -0.2) is 0 Å². The zero-order valence-corrected chi connectivity index (χ0v) is 16.8. The van der Waals surface area contributed by atoms with Gasteiger partial charge >= 0.3 is 5.97 Å². The third kappa shape index (κ3) is 5.80. The van der Waals surface area contributed by atoms with Crippen LogP contribution in [0.2, 0.25) is 0 Å². The molecule has 1 atom stereocenters. The number of carbonyl (C=O) groups excluding carboxylic acids is 1. The van der Waals surface area contributed by atoms with Gasteiger partial charge in [0.05, 0.1) is 5.41 Å². The van der Waals surface area contributed by atoms with Crippen LogP contribution >= 0.6 is 15.9 Å². The first kappa shape index (κ1) is 20.0. The number of benzene rings is 1. The van der Waals surface area contributed by atoms with E-state index in [1.165, 1.54) is 0 Å². The lowest BCUT2D eigenvalue weighted by molar-refractivity contribution is -0.162. The largest absolute Gasteiger partial charge is 0.459 e. The summed E-state index contributed by atoms with van der Waals surface area (Å²) in [6.07, 6.45) is 3.51. The summed E-state index contributed by atoms with van der Waals surface area (Å²) in [6.45, 7) is 15.9. The minimum atomic E-state index is -0.683. The average Bonchev–Trinajstić information content (AvgIpc) is 2.43. The van der Waals surface area contributed by atoms with Gasteiger partial charge in [0.25, 0.3) is 0 Å². The fourth-order valence-corrected chi connectivity index (χ4v) is 2.66. The molecule has 0 saturated carbocycles. The molecule has 0 bridgehead atoms. The molecule has 23 heavy (non-hydrogen) atoms. The molecule has 0 saturated heterocycles. The second kappa shape index (κ2) is 7.21. The average molecular weight is 381 g/mol. The van der Waals surface area contributed by atoms with Gasteiger partial charge in [-0.3, -0.25) is 4.79 Å². The molecular formula is C20H29BrO2. The molecule has 0 aliphatic rings. The first-order chi connectivity index (χ1) is 10.4. The third-order valence-corrected chi connectivity index (χ3v) is 4.63. The third-order valence-electron chi connectivity index (χ3n) is 4.13. The number of hydrogen-bond acceptors (Lipinski definition) is 2. The van der Waals surface area contributed by atoms with Gasteiger partial charge in [0.1, 0.15) is 5.60 Å². The van der Waals surface area contributed by atoms with Crippen LogP contribution in [0.25, 0.3) is 0 Å². The van der Waals surface area contributed by atoms with Crippen molar-refractivity contribution in [3.63, 3.8) is 0 Å². The van der Waals surface area contributed by atoms with Crippen LogP contribution in [0.5, 0.6) is 0 Å². The molecule has 0 aromatic heterocycles. The number of allylic oxidation sites excluding steroid dienone is 1. The van der Waals surface area contributed by atoms with Crippen LogP contribution in [0.4, 0.5) is 0 Å². The molecule has 0 radical (unpaired) electrons. The van der Waals surface area contributed by atoms with Gasteiger partial charge in [-0.15, -0.1) is 6.58 Å². The lowest BCUT2D eigenvalue weighted by atomic mass is 9.74. The fourth-order valence-electron chi connectivity index (χ4n) is 2.26. The highest BCUT2D eigenvalue weighted by atomic mass is 79.9. The summed E-state index contributed by atoms with van der Waals surface area (Å²) in [5.41, 5.74) is -0.230. The SMILES string of the molecule is C=CC(C)(C)CCC(C)(C(=O)OC(C)(C)C)c1cccc(Br)c1. The maximum atomic E-state index is 12.9. The molecule has 0 spiro atoms. The van der Waals surface area contributed by atoms with Gasteiger partial charge in [-0.05, 0) is 63.6 Å². The topological polar surface area (TPSA) is 26.3 Å². The van der Waals surface area contributed by atoms with Crippen molar-refractivity contribution in [2.75, 3.05) is 0 Å². The number of carbonyl (C=O) groups is 1. The van der Waals surface area contributed by atoms with Gasteiger partial charge in [0.15, 0.2) is 0 Å². The van der Waals surface area contributed by atoms with Crippen molar-refractivity contribution in [2.24, 2.45) is 5.41 Å². The zero-order valence-electron chi connectivity index (χ0n) is 15.2. The first-order valence-electron chi connectivity index (χ1n) is 8.03. The van der Waals surface area contributed by atoms with E-state index in [1.54, 1.807) is 0 Å². The van der Waals surface area contributed by atoms with Gasteiger partial charge < -0.3 is 4.74 Å². The van der Waals surface area contributed by atoms with Crippen molar-refractivity contribution in [3.05, 3.63) is 47.0 Å². The van der Waals surface area contributed by atoms with Gasteiger partial charge in [-0.2, -0.15) is 0 Å². The number of esters is 1. The molecule has 0 fully saturated rings. The molecule has 1 aromatic carbocycles. The van der Waals surface area contributed by atoms with Crippen LogP contribution in [0.15, 0.2) is 41.4 Å². The minimum absolute atomic E-state index is 0.0186.